The Labute approximate surface area is 195 Å². The summed E-state index contributed by atoms with van der Waals surface area (Å²) in [4.78, 5) is 20.0. The molecule has 1 fully saturated rings. The third kappa shape index (κ3) is 6.13. The van der Waals surface area contributed by atoms with E-state index in [4.69, 9.17) is 4.74 Å². The van der Waals surface area contributed by atoms with Crippen LogP contribution in [0.25, 0.3) is 22.5 Å². The van der Waals surface area contributed by atoms with Gasteiger partial charge in [0.15, 0.2) is 6.61 Å². The Morgan fingerprint density at radius 1 is 1.15 bits per heavy atom. The molecule has 7 nitrogen and oxygen atoms in total. The van der Waals surface area contributed by atoms with Gasteiger partial charge in [0.05, 0.1) is 17.6 Å². The highest BCUT2D eigenvalue weighted by Crippen LogP contribution is 2.27. The van der Waals surface area contributed by atoms with Crippen molar-refractivity contribution in [3.05, 3.63) is 54.4 Å². The van der Waals surface area contributed by atoms with Crippen LogP contribution in [0.4, 0.5) is 13.2 Å². The van der Waals surface area contributed by atoms with Crippen molar-refractivity contribution in [2.24, 2.45) is 7.05 Å². The topological polar surface area (TPSA) is 72.3 Å². The van der Waals surface area contributed by atoms with Crippen LogP contribution in [0.5, 0.6) is 5.75 Å². The highest BCUT2D eigenvalue weighted by atomic mass is 19.4. The number of benzene rings is 1. The standard InChI is InChI=1S/C24H26F3N5O2/c1-31-9-3-4-19(14-31)29-23(33)17-10-21(30-22(11-17)18-12-28-32(2)13-18)16-5-7-20(8-6-16)34-15-24(25,26)27/h5-8,10-13,19H,3-4,9,14-15H2,1-2H3,(H,29,33)/t19-/m0/s1. The Balaban J connectivity index is 1.62. The van der Waals surface area contributed by atoms with Crippen LogP contribution >= 0.6 is 0 Å². The fourth-order valence-corrected chi connectivity index (χ4v) is 3.95. The molecular weight excluding hydrogens is 447 g/mol. The minimum absolute atomic E-state index is 0.0646. The lowest BCUT2D eigenvalue weighted by atomic mass is 10.0. The number of amides is 1. The van der Waals surface area contributed by atoms with Gasteiger partial charge in [0.25, 0.3) is 5.91 Å². The number of nitrogens with zero attached hydrogens (tertiary/aromatic N) is 4. The average molecular weight is 473 g/mol. The maximum absolute atomic E-state index is 13.1. The Kier molecular flexibility index (Phi) is 6.87. The van der Waals surface area contributed by atoms with E-state index in [1.807, 2.05) is 7.05 Å². The van der Waals surface area contributed by atoms with Crippen LogP contribution < -0.4 is 10.1 Å². The zero-order valence-electron chi connectivity index (χ0n) is 19.0. The first kappa shape index (κ1) is 23.7. The van der Waals surface area contributed by atoms with Crippen molar-refractivity contribution >= 4 is 5.91 Å². The van der Waals surface area contributed by atoms with E-state index in [0.717, 1.165) is 31.5 Å². The Morgan fingerprint density at radius 2 is 1.85 bits per heavy atom. The number of alkyl halides is 3. The van der Waals surface area contributed by atoms with E-state index in [2.05, 4.69) is 20.3 Å². The second kappa shape index (κ2) is 9.84. The lowest BCUT2D eigenvalue weighted by Gasteiger charge is -2.30. The van der Waals surface area contributed by atoms with Gasteiger partial charge in [0.2, 0.25) is 0 Å². The number of carbonyl (C=O) groups excluding carboxylic acids is 1. The normalized spacial score (nSPS) is 16.9. The molecule has 1 aromatic carbocycles. The Bertz CT molecular complexity index is 1140. The molecule has 180 valence electrons. The van der Waals surface area contributed by atoms with Gasteiger partial charge in [0, 0.05) is 42.5 Å². The summed E-state index contributed by atoms with van der Waals surface area (Å²) in [5, 5.41) is 7.30. The summed E-state index contributed by atoms with van der Waals surface area (Å²) in [6.07, 6.45) is 0.999. The molecule has 0 unspecified atom stereocenters. The number of halogens is 3. The number of likely N-dealkylation sites (tertiary alicyclic amines) is 1. The van der Waals surface area contributed by atoms with Gasteiger partial charge in [-0.3, -0.25) is 9.48 Å². The van der Waals surface area contributed by atoms with Gasteiger partial charge < -0.3 is 15.0 Å². The van der Waals surface area contributed by atoms with Gasteiger partial charge in [-0.2, -0.15) is 18.3 Å². The summed E-state index contributed by atoms with van der Waals surface area (Å²) >= 11 is 0. The fraction of sp³-hybridized carbons (Fsp3) is 0.375. The van der Waals surface area contributed by atoms with Gasteiger partial charge in [-0.15, -0.1) is 0 Å². The molecule has 34 heavy (non-hydrogen) atoms. The van der Waals surface area contributed by atoms with E-state index in [-0.39, 0.29) is 17.7 Å². The van der Waals surface area contributed by atoms with E-state index >= 15 is 0 Å². The highest BCUT2D eigenvalue weighted by Gasteiger charge is 2.28. The van der Waals surface area contributed by atoms with Crippen molar-refractivity contribution < 1.29 is 22.7 Å². The third-order valence-corrected chi connectivity index (χ3v) is 5.60. The molecule has 0 aliphatic carbocycles. The molecule has 0 saturated carbocycles. The number of pyridine rings is 1. The molecule has 10 heteroatoms. The summed E-state index contributed by atoms with van der Waals surface area (Å²) < 4.78 is 43.7. The van der Waals surface area contributed by atoms with Crippen molar-refractivity contribution in [1.29, 1.82) is 0 Å². The van der Waals surface area contributed by atoms with Crippen LogP contribution in [0, 0.1) is 0 Å². The molecule has 3 aromatic rings. The fourth-order valence-electron chi connectivity index (χ4n) is 3.95. The lowest BCUT2D eigenvalue weighted by molar-refractivity contribution is -0.153. The molecule has 1 atom stereocenters. The number of hydrogen-bond donors (Lipinski definition) is 1. The number of piperidine rings is 1. The molecule has 3 heterocycles. The van der Waals surface area contributed by atoms with Gasteiger partial charge in [0.1, 0.15) is 5.75 Å². The van der Waals surface area contributed by atoms with E-state index < -0.39 is 12.8 Å². The summed E-state index contributed by atoms with van der Waals surface area (Å²) in [6, 6.07) is 9.64. The highest BCUT2D eigenvalue weighted by molar-refractivity contribution is 5.96. The predicted octanol–water partition coefficient (Wildman–Crippen LogP) is 3.91. The van der Waals surface area contributed by atoms with Crippen molar-refractivity contribution in [1.82, 2.24) is 25.0 Å². The number of carbonyl (C=O) groups is 1. The second-order valence-electron chi connectivity index (χ2n) is 8.53. The van der Waals surface area contributed by atoms with Crippen LogP contribution in [0.2, 0.25) is 0 Å². The number of hydrogen-bond acceptors (Lipinski definition) is 5. The zero-order valence-corrected chi connectivity index (χ0v) is 19.0. The van der Waals surface area contributed by atoms with Gasteiger partial charge in [-0.1, -0.05) is 0 Å². The first-order chi connectivity index (χ1) is 16.2. The van der Waals surface area contributed by atoms with Crippen LogP contribution in [-0.2, 0) is 7.05 Å². The van der Waals surface area contributed by atoms with Crippen molar-refractivity contribution in [2.45, 2.75) is 25.1 Å². The van der Waals surface area contributed by atoms with Gasteiger partial charge in [-0.25, -0.2) is 4.98 Å². The molecule has 0 spiro atoms. The number of rotatable bonds is 6. The second-order valence-corrected chi connectivity index (χ2v) is 8.53. The molecule has 1 N–H and O–H groups in total. The lowest BCUT2D eigenvalue weighted by Crippen LogP contribution is -2.46. The quantitative estimate of drug-likeness (QED) is 0.588. The first-order valence-corrected chi connectivity index (χ1v) is 11.0. The van der Waals surface area contributed by atoms with E-state index in [9.17, 15) is 18.0 Å². The smallest absolute Gasteiger partial charge is 0.422 e. The number of likely N-dealkylation sites (N-methyl/N-ethyl adjacent to an activating group) is 1. The maximum Gasteiger partial charge on any atom is 0.422 e. The third-order valence-electron chi connectivity index (χ3n) is 5.60. The number of ether oxygens (including phenoxy) is 1. The van der Waals surface area contributed by atoms with Crippen molar-refractivity contribution in [3.8, 4) is 28.3 Å². The van der Waals surface area contributed by atoms with Crippen molar-refractivity contribution in [3.63, 3.8) is 0 Å². The molecule has 1 saturated heterocycles. The van der Waals surface area contributed by atoms with Crippen molar-refractivity contribution in [2.75, 3.05) is 26.7 Å². The SMILES string of the molecule is CN1CCC[C@H](NC(=O)c2cc(-c3ccc(OCC(F)(F)F)cc3)nc(-c3cnn(C)c3)c2)C1. The van der Waals surface area contributed by atoms with E-state index in [0.29, 0.717) is 22.5 Å². The molecule has 0 radical (unpaired) electrons. The monoisotopic (exact) mass is 473 g/mol. The molecule has 4 rings (SSSR count). The number of aryl methyl sites for hydroxylation is 1. The largest absolute Gasteiger partial charge is 0.484 e. The van der Waals surface area contributed by atoms with Crippen LogP contribution in [0.15, 0.2) is 48.8 Å². The molecule has 1 aliphatic rings. The number of nitrogens with one attached hydrogen (secondary N) is 1. The molecule has 1 aliphatic heterocycles. The summed E-state index contributed by atoms with van der Waals surface area (Å²) in [5.74, 6) is -0.0944. The van der Waals surface area contributed by atoms with E-state index in [1.54, 1.807) is 48.4 Å². The maximum atomic E-state index is 13.1. The van der Waals surface area contributed by atoms with Gasteiger partial charge >= 0.3 is 6.18 Å². The summed E-state index contributed by atoms with van der Waals surface area (Å²) in [7, 11) is 3.83. The number of aromatic nitrogens is 3. The molecule has 2 aromatic heterocycles. The molecule has 1 amide bonds. The van der Waals surface area contributed by atoms with Crippen LogP contribution in [0.1, 0.15) is 23.2 Å². The zero-order chi connectivity index (χ0) is 24.3. The van der Waals surface area contributed by atoms with E-state index in [1.165, 1.54) is 12.1 Å². The van der Waals surface area contributed by atoms with Crippen LogP contribution in [0.3, 0.4) is 0 Å². The average Bonchev–Trinajstić information content (AvgIpc) is 3.24. The van der Waals surface area contributed by atoms with Gasteiger partial charge in [-0.05, 0) is 62.8 Å². The molecular formula is C24H26F3N5O2. The Morgan fingerprint density at radius 3 is 2.47 bits per heavy atom. The predicted molar refractivity (Wildman–Crippen MR) is 121 cm³/mol. The molecule has 0 bridgehead atoms. The summed E-state index contributed by atoms with van der Waals surface area (Å²) in [5.41, 5.74) is 2.95. The Hall–Kier alpha value is -3.40. The summed E-state index contributed by atoms with van der Waals surface area (Å²) in [6.45, 7) is 0.444. The first-order valence-electron chi connectivity index (χ1n) is 11.0. The minimum atomic E-state index is -4.41. The minimum Gasteiger partial charge on any atom is -0.484 e. The van der Waals surface area contributed by atoms with Crippen LogP contribution in [-0.4, -0.2) is 64.5 Å².